The Kier molecular flexibility index (Phi) is 4.11. The lowest BCUT2D eigenvalue weighted by Crippen LogP contribution is -2.18. The lowest BCUT2D eigenvalue weighted by atomic mass is 10.2. The van der Waals surface area contributed by atoms with Crippen molar-refractivity contribution in [2.45, 2.75) is 12.5 Å². The van der Waals surface area contributed by atoms with Crippen molar-refractivity contribution in [3.05, 3.63) is 34.3 Å². The maximum Gasteiger partial charge on any atom is 0.573 e. The van der Waals surface area contributed by atoms with Crippen molar-refractivity contribution in [1.82, 2.24) is 9.97 Å². The Balaban J connectivity index is 2.58. The lowest BCUT2D eigenvalue weighted by molar-refractivity contribution is -0.274. The van der Waals surface area contributed by atoms with Crippen molar-refractivity contribution in [2.24, 2.45) is 0 Å². The number of aromatic amines is 1. The van der Waals surface area contributed by atoms with Crippen molar-refractivity contribution in [3.63, 3.8) is 0 Å². The van der Waals surface area contributed by atoms with Gasteiger partial charge in [-0.15, -0.1) is 13.2 Å². The summed E-state index contributed by atoms with van der Waals surface area (Å²) in [7, 11) is 0. The summed E-state index contributed by atoms with van der Waals surface area (Å²) >= 11 is 2.51. The van der Waals surface area contributed by atoms with Gasteiger partial charge in [-0.3, -0.25) is 0 Å². The van der Waals surface area contributed by atoms with Crippen LogP contribution in [0.4, 0.5) is 30.7 Å². The Labute approximate surface area is 126 Å². The van der Waals surface area contributed by atoms with Gasteiger partial charge in [0.25, 0.3) is 0 Å². The van der Waals surface area contributed by atoms with E-state index in [0.717, 1.165) is 18.2 Å². The zero-order valence-corrected chi connectivity index (χ0v) is 11.7. The second kappa shape index (κ2) is 5.45. The summed E-state index contributed by atoms with van der Waals surface area (Å²) in [5.74, 6) is -2.99. The van der Waals surface area contributed by atoms with E-state index < -0.39 is 45.8 Å². The SMILES string of the molecule is Fc1cccc(OC(F)(F)F)c1-c1nc(Br)c(C(F)(F)F)[nH]1. The molecule has 2 rings (SSSR count). The topological polar surface area (TPSA) is 37.9 Å². The normalized spacial score (nSPS) is 12.5. The van der Waals surface area contributed by atoms with Gasteiger partial charge in [0, 0.05) is 0 Å². The van der Waals surface area contributed by atoms with Gasteiger partial charge in [0.1, 0.15) is 22.0 Å². The Morgan fingerprint density at radius 2 is 1.73 bits per heavy atom. The number of ether oxygens (including phenoxy) is 1. The first-order valence-electron chi connectivity index (χ1n) is 5.36. The Morgan fingerprint density at radius 3 is 2.23 bits per heavy atom. The number of benzene rings is 1. The van der Waals surface area contributed by atoms with Gasteiger partial charge in [-0.25, -0.2) is 9.37 Å². The van der Waals surface area contributed by atoms with E-state index in [1.807, 2.05) is 0 Å². The molecule has 0 amide bonds. The fraction of sp³-hybridized carbons (Fsp3) is 0.182. The molecule has 0 radical (unpaired) electrons. The smallest absolute Gasteiger partial charge is 0.405 e. The number of hydrogen-bond donors (Lipinski definition) is 1. The quantitative estimate of drug-likeness (QED) is 0.738. The third-order valence-electron chi connectivity index (χ3n) is 2.38. The first-order valence-corrected chi connectivity index (χ1v) is 6.15. The van der Waals surface area contributed by atoms with E-state index in [-0.39, 0.29) is 0 Å². The molecule has 3 nitrogen and oxygen atoms in total. The highest BCUT2D eigenvalue weighted by Gasteiger charge is 2.38. The van der Waals surface area contributed by atoms with Crippen molar-refractivity contribution < 1.29 is 35.5 Å². The van der Waals surface area contributed by atoms with Gasteiger partial charge in [-0.2, -0.15) is 13.2 Å². The highest BCUT2D eigenvalue weighted by molar-refractivity contribution is 9.10. The summed E-state index contributed by atoms with van der Waals surface area (Å²) in [5.41, 5.74) is -2.22. The van der Waals surface area contributed by atoms with Gasteiger partial charge in [-0.1, -0.05) is 6.07 Å². The summed E-state index contributed by atoms with van der Waals surface area (Å²) in [6, 6.07) is 2.44. The largest absolute Gasteiger partial charge is 0.573 e. The van der Waals surface area contributed by atoms with Gasteiger partial charge in [0.2, 0.25) is 0 Å². The van der Waals surface area contributed by atoms with E-state index in [0.29, 0.717) is 0 Å². The zero-order chi connectivity index (χ0) is 16.7. The van der Waals surface area contributed by atoms with E-state index in [1.54, 1.807) is 4.98 Å². The summed E-state index contributed by atoms with van der Waals surface area (Å²) in [4.78, 5) is 5.09. The van der Waals surface area contributed by atoms with Crippen molar-refractivity contribution in [3.8, 4) is 17.1 Å². The van der Waals surface area contributed by atoms with Crippen molar-refractivity contribution >= 4 is 15.9 Å². The number of hydrogen-bond acceptors (Lipinski definition) is 2. The molecule has 0 aliphatic rings. The van der Waals surface area contributed by atoms with Gasteiger partial charge in [0.15, 0.2) is 5.69 Å². The predicted octanol–water partition coefficient (Wildman–Crippen LogP) is 4.90. The molecule has 0 saturated heterocycles. The molecule has 22 heavy (non-hydrogen) atoms. The first kappa shape index (κ1) is 16.6. The summed E-state index contributed by atoms with van der Waals surface area (Å²) in [5, 5.41) is 0. The van der Waals surface area contributed by atoms with E-state index >= 15 is 0 Å². The minimum Gasteiger partial charge on any atom is -0.405 e. The molecule has 0 aliphatic heterocycles. The molecule has 0 saturated carbocycles. The highest BCUT2D eigenvalue weighted by Crippen LogP contribution is 2.39. The molecule has 1 aromatic heterocycles. The van der Waals surface area contributed by atoms with Gasteiger partial charge >= 0.3 is 12.5 Å². The number of alkyl halides is 6. The maximum atomic E-state index is 13.7. The number of H-pyrrole nitrogens is 1. The average Bonchev–Trinajstić information content (AvgIpc) is 2.68. The molecule has 0 unspecified atom stereocenters. The summed E-state index contributed by atoms with van der Waals surface area (Å²) < 4.78 is 91.4. The number of imidazole rings is 1. The maximum absolute atomic E-state index is 13.7. The van der Waals surface area contributed by atoms with Crippen LogP contribution < -0.4 is 4.74 Å². The number of halogens is 8. The molecule has 0 aliphatic carbocycles. The van der Waals surface area contributed by atoms with Crippen LogP contribution in [0, 0.1) is 5.82 Å². The molecule has 2 aromatic rings. The van der Waals surface area contributed by atoms with Crippen LogP contribution in [-0.4, -0.2) is 16.3 Å². The van der Waals surface area contributed by atoms with E-state index in [1.165, 1.54) is 0 Å². The third kappa shape index (κ3) is 3.51. The molecule has 0 bridgehead atoms. The van der Waals surface area contributed by atoms with E-state index in [2.05, 4.69) is 25.7 Å². The van der Waals surface area contributed by atoms with Crippen LogP contribution in [0.5, 0.6) is 5.75 Å². The average molecular weight is 393 g/mol. The molecule has 1 N–H and O–H groups in total. The molecular weight excluding hydrogens is 389 g/mol. The number of nitrogens with zero attached hydrogens (tertiary/aromatic N) is 1. The number of nitrogens with one attached hydrogen (secondary N) is 1. The number of rotatable bonds is 2. The molecule has 1 heterocycles. The van der Waals surface area contributed by atoms with Crippen LogP contribution in [0.2, 0.25) is 0 Å². The third-order valence-corrected chi connectivity index (χ3v) is 2.95. The van der Waals surface area contributed by atoms with E-state index in [4.69, 9.17) is 0 Å². The van der Waals surface area contributed by atoms with Crippen LogP contribution in [0.15, 0.2) is 22.8 Å². The van der Waals surface area contributed by atoms with Gasteiger partial charge < -0.3 is 9.72 Å². The monoisotopic (exact) mass is 392 g/mol. The standard InChI is InChI=1S/C11H4BrF7N2O/c12-8-7(10(14,15)16)20-9(21-8)6-4(13)2-1-3-5(6)22-11(17,18)19/h1-3H,(H,20,21). The van der Waals surface area contributed by atoms with Crippen LogP contribution in [0.3, 0.4) is 0 Å². The molecule has 0 atom stereocenters. The van der Waals surface area contributed by atoms with Crippen LogP contribution in [0.1, 0.15) is 5.69 Å². The fourth-order valence-corrected chi connectivity index (χ4v) is 2.10. The second-order valence-corrected chi connectivity index (χ2v) is 4.66. The highest BCUT2D eigenvalue weighted by atomic mass is 79.9. The zero-order valence-electron chi connectivity index (χ0n) is 10.1. The van der Waals surface area contributed by atoms with Crippen molar-refractivity contribution in [1.29, 1.82) is 0 Å². The van der Waals surface area contributed by atoms with Gasteiger partial charge in [0.05, 0.1) is 5.56 Å². The lowest BCUT2D eigenvalue weighted by Gasteiger charge is -2.12. The Hall–Kier alpha value is -1.78. The van der Waals surface area contributed by atoms with Crippen LogP contribution >= 0.6 is 15.9 Å². The van der Waals surface area contributed by atoms with E-state index in [9.17, 15) is 30.7 Å². The Morgan fingerprint density at radius 1 is 1.09 bits per heavy atom. The number of aromatic nitrogens is 2. The fourth-order valence-electron chi connectivity index (χ4n) is 1.60. The second-order valence-electron chi connectivity index (χ2n) is 3.91. The summed E-state index contributed by atoms with van der Waals surface area (Å²) in [6.45, 7) is 0. The van der Waals surface area contributed by atoms with Crippen molar-refractivity contribution in [2.75, 3.05) is 0 Å². The van der Waals surface area contributed by atoms with Gasteiger partial charge in [-0.05, 0) is 28.1 Å². The molecule has 1 aromatic carbocycles. The molecular formula is C11H4BrF7N2O. The molecule has 0 spiro atoms. The minimum absolute atomic E-state index is 0.712. The predicted molar refractivity (Wildman–Crippen MR) is 63.4 cm³/mol. The summed E-state index contributed by atoms with van der Waals surface area (Å²) in [6.07, 6.45) is -9.99. The molecule has 120 valence electrons. The first-order chi connectivity index (χ1) is 9.99. The minimum atomic E-state index is -5.14. The molecule has 11 heteroatoms. The van der Waals surface area contributed by atoms with Crippen LogP contribution in [-0.2, 0) is 6.18 Å². The Bertz CT molecular complexity index is 693. The molecule has 0 fully saturated rings. The van der Waals surface area contributed by atoms with Crippen LogP contribution in [0.25, 0.3) is 11.4 Å².